The molecule has 4 rings (SSSR count). The van der Waals surface area contributed by atoms with Gasteiger partial charge in [-0.05, 0) is 37.3 Å². The minimum atomic E-state index is -4.82. The summed E-state index contributed by atoms with van der Waals surface area (Å²) in [6, 6.07) is 8.77. The smallest absolute Gasteiger partial charge is 0.432 e. The summed E-state index contributed by atoms with van der Waals surface area (Å²) in [5.74, 6) is -2.42. The van der Waals surface area contributed by atoms with E-state index < -0.39 is 61.8 Å². The van der Waals surface area contributed by atoms with Crippen molar-refractivity contribution < 1.29 is 55.8 Å². The zero-order valence-electron chi connectivity index (χ0n) is 25.2. The third-order valence-electron chi connectivity index (χ3n) is 6.81. The molecular weight excluding hydrogens is 680 g/mol. The number of aromatic nitrogens is 3. The monoisotopic (exact) mass is 710 g/mol. The van der Waals surface area contributed by atoms with Crippen LogP contribution in [0.2, 0.25) is 0 Å². The van der Waals surface area contributed by atoms with Gasteiger partial charge in [0.15, 0.2) is 11.9 Å². The fourth-order valence-electron chi connectivity index (χ4n) is 4.58. The largest absolute Gasteiger partial charge is 0.509 e. The first-order valence-corrected chi connectivity index (χ1v) is 16.6. The number of ether oxygens (including phenoxy) is 4. The second-order valence-corrected chi connectivity index (χ2v) is 13.0. The molecule has 2 atom stereocenters. The lowest BCUT2D eigenvalue weighted by molar-refractivity contribution is -0.146. The molecular formula is C30H30F3N4O9PS. The van der Waals surface area contributed by atoms with Crippen molar-refractivity contribution in [3.63, 3.8) is 0 Å². The second kappa shape index (κ2) is 16.9. The molecule has 2 N–H and O–H groups in total. The summed E-state index contributed by atoms with van der Waals surface area (Å²) in [4.78, 5) is 34.5. The Kier molecular flexibility index (Phi) is 13.0. The van der Waals surface area contributed by atoms with Crippen molar-refractivity contribution >= 4 is 31.8 Å². The first-order chi connectivity index (χ1) is 22.9. The quantitative estimate of drug-likeness (QED) is 0.101. The molecule has 0 unspecified atom stereocenters. The number of carbonyl (C=O) groups excluding carboxylic acids is 1. The van der Waals surface area contributed by atoms with Gasteiger partial charge in [0.2, 0.25) is 0 Å². The van der Waals surface area contributed by atoms with Crippen LogP contribution in [0.3, 0.4) is 0 Å². The van der Waals surface area contributed by atoms with E-state index in [1.807, 2.05) is 6.07 Å². The van der Waals surface area contributed by atoms with Crippen molar-refractivity contribution in [1.29, 1.82) is 5.26 Å². The molecule has 1 fully saturated rings. The number of nitriles is 1. The normalized spacial score (nSPS) is 18.8. The highest BCUT2D eigenvalue weighted by Gasteiger charge is 2.47. The van der Waals surface area contributed by atoms with Crippen molar-refractivity contribution in [2.24, 2.45) is 0 Å². The standard InChI is InChI=1S/C30H30F3N4O9PS/c1-20(48-24-15-43-28(44-16-24)5-3-2-4-22-7-6-21(14-34)12-26(22)32)30(17-37-19-35-18-36-37,25-9-8-23(31)13-27(25)33)46-29(38)42-10-11-45-47(39,40)41/h2-9,12-13,18-20,24,28H,10-11,15-17H2,1H3,(H2,39,40,41)/t20-,24?,28?,30-/m1/s1. The zero-order chi connectivity index (χ0) is 34.7. The number of phosphoric ester groups is 1. The Morgan fingerprint density at radius 3 is 2.60 bits per heavy atom. The number of phosphoric acid groups is 1. The zero-order valence-corrected chi connectivity index (χ0v) is 26.9. The minimum absolute atomic E-state index is 0.160. The molecule has 0 saturated carbocycles. The van der Waals surface area contributed by atoms with Gasteiger partial charge in [-0.3, -0.25) is 4.52 Å². The van der Waals surface area contributed by atoms with Crippen LogP contribution in [0.1, 0.15) is 23.6 Å². The summed E-state index contributed by atoms with van der Waals surface area (Å²) in [5, 5.41) is 11.8. The van der Waals surface area contributed by atoms with Crippen molar-refractivity contribution in [3.05, 3.63) is 101 Å². The van der Waals surface area contributed by atoms with Crippen LogP contribution in [0.4, 0.5) is 18.0 Å². The van der Waals surface area contributed by atoms with E-state index in [0.717, 1.165) is 18.2 Å². The van der Waals surface area contributed by atoms with Gasteiger partial charge in [-0.2, -0.15) is 10.4 Å². The number of thioether (sulfide) groups is 1. The molecule has 18 heteroatoms. The van der Waals surface area contributed by atoms with Gasteiger partial charge in [0.1, 0.15) is 36.7 Å². The van der Waals surface area contributed by atoms with Crippen LogP contribution in [-0.2, 0) is 40.2 Å². The molecule has 2 aromatic carbocycles. The SMILES string of the molecule is C[C@@H](SC1COC(C=CC=Cc2ccc(C#N)cc2F)OC1)[C@@](Cn1cncn1)(OC(=O)OCCOP(=O)(O)O)c1ccc(F)cc1F. The fraction of sp³-hybridized carbons (Fsp3) is 0.333. The van der Waals surface area contributed by atoms with Crippen LogP contribution >= 0.6 is 19.6 Å². The van der Waals surface area contributed by atoms with Gasteiger partial charge in [-0.15, -0.1) is 11.8 Å². The third kappa shape index (κ3) is 10.5. The molecule has 0 aliphatic carbocycles. The van der Waals surface area contributed by atoms with E-state index in [1.165, 1.54) is 47.3 Å². The van der Waals surface area contributed by atoms with Gasteiger partial charge in [0, 0.05) is 22.4 Å². The Balaban J connectivity index is 1.47. The second-order valence-electron chi connectivity index (χ2n) is 10.2. The van der Waals surface area contributed by atoms with Crippen molar-refractivity contribution in [2.45, 2.75) is 35.9 Å². The van der Waals surface area contributed by atoms with Crippen LogP contribution < -0.4 is 0 Å². The number of nitrogens with zero attached hydrogens (tertiary/aromatic N) is 4. The summed E-state index contributed by atoms with van der Waals surface area (Å²) >= 11 is 1.23. The molecule has 3 aromatic rings. The van der Waals surface area contributed by atoms with Crippen LogP contribution in [0.5, 0.6) is 0 Å². The molecule has 0 bridgehead atoms. The molecule has 0 amide bonds. The number of benzene rings is 2. The van der Waals surface area contributed by atoms with E-state index in [2.05, 4.69) is 14.6 Å². The number of allylic oxidation sites excluding steroid dienone is 2. The van der Waals surface area contributed by atoms with Gasteiger partial charge < -0.3 is 28.7 Å². The lowest BCUT2D eigenvalue weighted by Crippen LogP contribution is -2.47. The van der Waals surface area contributed by atoms with E-state index in [-0.39, 0.29) is 36.1 Å². The Bertz CT molecular complexity index is 1690. The average Bonchev–Trinajstić information content (AvgIpc) is 3.55. The van der Waals surface area contributed by atoms with Gasteiger partial charge in [-0.25, -0.2) is 32.2 Å². The van der Waals surface area contributed by atoms with Crippen LogP contribution in [0.15, 0.2) is 67.3 Å². The van der Waals surface area contributed by atoms with E-state index >= 15 is 4.39 Å². The number of halogens is 3. The van der Waals surface area contributed by atoms with Gasteiger partial charge in [0.25, 0.3) is 0 Å². The van der Waals surface area contributed by atoms with Crippen molar-refractivity contribution in [3.8, 4) is 6.07 Å². The van der Waals surface area contributed by atoms with E-state index in [1.54, 1.807) is 25.2 Å². The number of hydrogen-bond donors (Lipinski definition) is 2. The predicted molar refractivity (Wildman–Crippen MR) is 164 cm³/mol. The van der Waals surface area contributed by atoms with Crippen LogP contribution in [0.25, 0.3) is 6.08 Å². The summed E-state index contributed by atoms with van der Waals surface area (Å²) in [6.07, 6.45) is 6.81. The molecule has 0 radical (unpaired) electrons. The molecule has 1 aliphatic heterocycles. The average molecular weight is 711 g/mol. The van der Waals surface area contributed by atoms with Crippen LogP contribution in [-0.4, -0.2) is 73.9 Å². The molecule has 1 saturated heterocycles. The van der Waals surface area contributed by atoms with E-state index in [4.69, 9.17) is 34.0 Å². The van der Waals surface area contributed by atoms with Crippen molar-refractivity contribution in [1.82, 2.24) is 14.8 Å². The first-order valence-electron chi connectivity index (χ1n) is 14.2. The predicted octanol–water partition coefficient (Wildman–Crippen LogP) is 4.86. The molecule has 13 nitrogen and oxygen atoms in total. The highest BCUT2D eigenvalue weighted by molar-refractivity contribution is 8.00. The lowest BCUT2D eigenvalue weighted by Gasteiger charge is -2.40. The highest BCUT2D eigenvalue weighted by Crippen LogP contribution is 2.42. The topological polar surface area (TPSA) is 175 Å². The molecule has 48 heavy (non-hydrogen) atoms. The molecule has 0 spiro atoms. The number of rotatable bonds is 14. The summed E-state index contributed by atoms with van der Waals surface area (Å²) in [6.45, 7) is 0.422. The Morgan fingerprint density at radius 2 is 1.96 bits per heavy atom. The minimum Gasteiger partial charge on any atom is -0.432 e. The van der Waals surface area contributed by atoms with E-state index in [9.17, 15) is 18.1 Å². The van der Waals surface area contributed by atoms with Crippen molar-refractivity contribution in [2.75, 3.05) is 26.4 Å². The maximum Gasteiger partial charge on any atom is 0.509 e. The fourth-order valence-corrected chi connectivity index (χ4v) is 6.26. The van der Waals surface area contributed by atoms with Gasteiger partial charge >= 0.3 is 14.0 Å². The summed E-state index contributed by atoms with van der Waals surface area (Å²) < 4.78 is 82.4. The van der Waals surface area contributed by atoms with E-state index in [0.29, 0.717) is 11.6 Å². The van der Waals surface area contributed by atoms with Gasteiger partial charge in [0.05, 0.1) is 43.2 Å². The third-order valence-corrected chi connectivity index (χ3v) is 8.77. The summed E-state index contributed by atoms with van der Waals surface area (Å²) in [5.41, 5.74) is -1.59. The molecule has 256 valence electrons. The Morgan fingerprint density at radius 1 is 1.19 bits per heavy atom. The lowest BCUT2D eigenvalue weighted by atomic mass is 9.89. The Hall–Kier alpha value is -4.01. The maximum atomic E-state index is 15.4. The summed E-state index contributed by atoms with van der Waals surface area (Å²) in [7, 11) is -4.82. The number of hydrogen-bond acceptors (Lipinski definition) is 11. The molecule has 2 heterocycles. The molecule has 1 aliphatic rings. The van der Waals surface area contributed by atoms with Gasteiger partial charge in [-0.1, -0.05) is 24.3 Å². The number of carbonyl (C=O) groups is 1. The first kappa shape index (κ1) is 36.8. The highest BCUT2D eigenvalue weighted by atomic mass is 32.2. The maximum absolute atomic E-state index is 15.4. The molecule has 1 aromatic heterocycles. The van der Waals surface area contributed by atoms with Crippen LogP contribution in [0, 0.1) is 28.8 Å². The Labute approximate surface area is 277 Å².